The second kappa shape index (κ2) is 5.96. The number of aromatic nitrogens is 1. The summed E-state index contributed by atoms with van der Waals surface area (Å²) in [7, 11) is 0. The van der Waals surface area contributed by atoms with Crippen LogP contribution in [0.3, 0.4) is 0 Å². The van der Waals surface area contributed by atoms with Crippen LogP contribution in [0.1, 0.15) is 25.0 Å². The Labute approximate surface area is 184 Å². The van der Waals surface area contributed by atoms with Crippen molar-refractivity contribution < 1.29 is 0 Å². The van der Waals surface area contributed by atoms with E-state index in [1.807, 2.05) is 0 Å². The van der Waals surface area contributed by atoms with Gasteiger partial charge in [-0.3, -0.25) is 0 Å². The molecular formula is C27H20IN. The molecule has 0 spiro atoms. The van der Waals surface area contributed by atoms with Crippen LogP contribution in [-0.2, 0) is 5.41 Å². The van der Waals surface area contributed by atoms with Crippen LogP contribution in [0, 0.1) is 3.57 Å². The van der Waals surface area contributed by atoms with Crippen molar-refractivity contribution in [2.24, 2.45) is 0 Å². The molecule has 5 aromatic rings. The van der Waals surface area contributed by atoms with Crippen LogP contribution in [0.4, 0.5) is 0 Å². The van der Waals surface area contributed by atoms with Crippen LogP contribution in [0.15, 0.2) is 84.9 Å². The summed E-state index contributed by atoms with van der Waals surface area (Å²) in [5.74, 6) is 0. The van der Waals surface area contributed by atoms with Crippen molar-refractivity contribution in [2.75, 3.05) is 0 Å². The maximum absolute atomic E-state index is 2.44. The average molecular weight is 485 g/mol. The lowest BCUT2D eigenvalue weighted by molar-refractivity contribution is 0.661. The van der Waals surface area contributed by atoms with Crippen LogP contribution in [0.5, 0.6) is 0 Å². The number of hydrogen-bond donors (Lipinski definition) is 0. The Morgan fingerprint density at radius 1 is 0.655 bits per heavy atom. The lowest BCUT2D eigenvalue weighted by Crippen LogP contribution is -2.15. The zero-order chi connectivity index (χ0) is 19.8. The molecule has 1 nitrogen and oxygen atoms in total. The van der Waals surface area contributed by atoms with E-state index in [1.54, 1.807) is 0 Å². The van der Waals surface area contributed by atoms with Gasteiger partial charge in [-0.05, 0) is 87.3 Å². The largest absolute Gasteiger partial charge is 0.309 e. The number of nitrogens with zero attached hydrogens (tertiary/aromatic N) is 1. The highest BCUT2D eigenvalue weighted by atomic mass is 127. The Morgan fingerprint density at radius 3 is 2.21 bits per heavy atom. The Morgan fingerprint density at radius 2 is 1.38 bits per heavy atom. The molecule has 0 bridgehead atoms. The molecule has 29 heavy (non-hydrogen) atoms. The van der Waals surface area contributed by atoms with Gasteiger partial charge in [0.05, 0.1) is 11.0 Å². The van der Waals surface area contributed by atoms with Gasteiger partial charge in [0.25, 0.3) is 0 Å². The minimum absolute atomic E-state index is 0.00991. The van der Waals surface area contributed by atoms with Crippen molar-refractivity contribution in [1.29, 1.82) is 0 Å². The molecule has 0 atom stereocenters. The summed E-state index contributed by atoms with van der Waals surface area (Å²) in [5.41, 5.74) is 9.36. The molecule has 2 heteroatoms. The third-order valence-corrected chi connectivity index (χ3v) is 7.12. The van der Waals surface area contributed by atoms with Gasteiger partial charge in [-0.2, -0.15) is 0 Å². The first-order valence-corrected chi connectivity index (χ1v) is 11.1. The Balaban J connectivity index is 1.78. The van der Waals surface area contributed by atoms with E-state index in [0.717, 1.165) is 0 Å². The summed E-state index contributed by atoms with van der Waals surface area (Å²) in [6.45, 7) is 4.71. The minimum Gasteiger partial charge on any atom is -0.309 e. The molecule has 1 heterocycles. The molecule has 0 fully saturated rings. The second-order valence-corrected chi connectivity index (χ2v) is 9.66. The van der Waals surface area contributed by atoms with Gasteiger partial charge in [-0.25, -0.2) is 0 Å². The maximum atomic E-state index is 2.44. The summed E-state index contributed by atoms with van der Waals surface area (Å²) in [4.78, 5) is 0. The third-order valence-electron chi connectivity index (χ3n) is 6.44. The number of benzene rings is 4. The number of fused-ring (bicyclic) bond motifs is 6. The predicted molar refractivity (Wildman–Crippen MR) is 131 cm³/mol. The van der Waals surface area contributed by atoms with E-state index in [-0.39, 0.29) is 5.41 Å². The molecule has 140 valence electrons. The van der Waals surface area contributed by atoms with E-state index in [9.17, 15) is 0 Å². The molecular weight excluding hydrogens is 465 g/mol. The fraction of sp³-hybridized carbons (Fsp3) is 0.111. The molecule has 0 amide bonds. The number of halogens is 1. The van der Waals surface area contributed by atoms with Crippen LogP contribution in [0.25, 0.3) is 38.6 Å². The molecule has 1 aliphatic rings. The molecule has 0 unspecified atom stereocenters. The zero-order valence-electron chi connectivity index (χ0n) is 16.4. The Bertz CT molecular complexity index is 1420. The van der Waals surface area contributed by atoms with Crippen molar-refractivity contribution >= 4 is 44.4 Å². The van der Waals surface area contributed by atoms with E-state index < -0.39 is 0 Å². The summed E-state index contributed by atoms with van der Waals surface area (Å²) in [6.07, 6.45) is 0. The second-order valence-electron chi connectivity index (χ2n) is 8.42. The molecule has 1 aliphatic carbocycles. The summed E-state index contributed by atoms with van der Waals surface area (Å²) >= 11 is 2.42. The van der Waals surface area contributed by atoms with Crippen molar-refractivity contribution in [3.63, 3.8) is 0 Å². The van der Waals surface area contributed by atoms with Gasteiger partial charge in [-0.15, -0.1) is 0 Å². The SMILES string of the molecule is CC1(C)c2cc(I)ccc2-c2cc3c(cc21)c1ccccc1n3-c1ccccc1. The molecule has 0 radical (unpaired) electrons. The van der Waals surface area contributed by atoms with E-state index in [4.69, 9.17) is 0 Å². The predicted octanol–water partition coefficient (Wildman–Crippen LogP) is 7.69. The molecule has 4 aromatic carbocycles. The highest BCUT2D eigenvalue weighted by molar-refractivity contribution is 14.1. The van der Waals surface area contributed by atoms with Crippen molar-refractivity contribution in [1.82, 2.24) is 4.57 Å². The topological polar surface area (TPSA) is 4.93 Å². The fourth-order valence-corrected chi connectivity index (χ4v) is 5.52. The molecule has 0 saturated carbocycles. The highest BCUT2D eigenvalue weighted by Gasteiger charge is 2.36. The lowest BCUT2D eigenvalue weighted by atomic mass is 9.82. The standard InChI is InChI=1S/C27H20IN/c1-27(2)23-14-17(28)12-13-19(23)21-16-26-22(15-24(21)27)20-10-6-7-11-25(20)29(26)18-8-4-3-5-9-18/h3-16H,1-2H3. The summed E-state index contributed by atoms with van der Waals surface area (Å²) in [6, 6.07) is 31.2. The van der Waals surface area contributed by atoms with Crippen molar-refractivity contribution in [3.8, 4) is 16.8 Å². The first kappa shape index (κ1) is 17.3. The smallest absolute Gasteiger partial charge is 0.0547 e. The van der Waals surface area contributed by atoms with E-state index in [1.165, 1.54) is 53.3 Å². The molecule has 0 N–H and O–H groups in total. The molecule has 0 aliphatic heterocycles. The Kier molecular flexibility index (Phi) is 3.55. The van der Waals surface area contributed by atoms with Gasteiger partial charge >= 0.3 is 0 Å². The molecule has 6 rings (SSSR count). The van der Waals surface area contributed by atoms with Gasteiger partial charge in [0, 0.05) is 25.4 Å². The van der Waals surface area contributed by atoms with Gasteiger partial charge in [0.2, 0.25) is 0 Å². The average Bonchev–Trinajstić information content (AvgIpc) is 3.17. The first-order valence-electron chi connectivity index (χ1n) is 9.99. The maximum Gasteiger partial charge on any atom is 0.0547 e. The Hall–Kier alpha value is -2.59. The zero-order valence-corrected chi connectivity index (χ0v) is 18.6. The van der Waals surface area contributed by atoms with Gasteiger partial charge in [0.1, 0.15) is 0 Å². The van der Waals surface area contributed by atoms with Crippen LogP contribution in [-0.4, -0.2) is 4.57 Å². The molecule has 0 saturated heterocycles. The van der Waals surface area contributed by atoms with E-state index in [0.29, 0.717) is 0 Å². The van der Waals surface area contributed by atoms with Crippen LogP contribution in [0.2, 0.25) is 0 Å². The number of para-hydroxylation sites is 2. The fourth-order valence-electron chi connectivity index (χ4n) is 5.02. The van der Waals surface area contributed by atoms with Gasteiger partial charge in [-0.1, -0.05) is 56.3 Å². The summed E-state index contributed by atoms with van der Waals surface area (Å²) < 4.78 is 3.70. The van der Waals surface area contributed by atoms with E-state index >= 15 is 0 Å². The van der Waals surface area contributed by atoms with Crippen molar-refractivity contribution in [3.05, 3.63) is 99.6 Å². The van der Waals surface area contributed by atoms with Gasteiger partial charge in [0.15, 0.2) is 0 Å². The van der Waals surface area contributed by atoms with Crippen molar-refractivity contribution in [2.45, 2.75) is 19.3 Å². The lowest BCUT2D eigenvalue weighted by Gasteiger charge is -2.21. The third kappa shape index (κ3) is 2.32. The number of hydrogen-bond acceptors (Lipinski definition) is 0. The minimum atomic E-state index is 0.00991. The first-order chi connectivity index (χ1) is 14.1. The summed E-state index contributed by atoms with van der Waals surface area (Å²) in [5, 5.41) is 2.65. The quantitative estimate of drug-likeness (QED) is 0.215. The van der Waals surface area contributed by atoms with Crippen LogP contribution >= 0.6 is 22.6 Å². The van der Waals surface area contributed by atoms with Crippen LogP contribution < -0.4 is 0 Å². The normalized spacial score (nSPS) is 14.3. The van der Waals surface area contributed by atoms with Gasteiger partial charge < -0.3 is 4.57 Å². The monoisotopic (exact) mass is 485 g/mol. The number of rotatable bonds is 1. The molecule has 1 aromatic heterocycles. The van der Waals surface area contributed by atoms with E-state index in [2.05, 4.69) is 126 Å². The highest BCUT2D eigenvalue weighted by Crippen LogP contribution is 2.51.